The van der Waals surface area contributed by atoms with Crippen LogP contribution in [0.25, 0.3) is 0 Å². The van der Waals surface area contributed by atoms with Gasteiger partial charge in [0.1, 0.15) is 24.0 Å². The number of amides is 1. The molecule has 3 aromatic rings. The fourth-order valence-corrected chi connectivity index (χ4v) is 3.56. The Kier molecular flexibility index (Phi) is 6.17. The predicted molar refractivity (Wildman–Crippen MR) is 113 cm³/mol. The fraction of sp³-hybridized carbons (Fsp3) is 0.261. The minimum atomic E-state index is -0.337. The number of halogens is 1. The predicted octanol–water partition coefficient (Wildman–Crippen LogP) is 4.05. The summed E-state index contributed by atoms with van der Waals surface area (Å²) in [4.78, 5) is 23.4. The number of anilines is 2. The smallest absolute Gasteiger partial charge is 0.229 e. The molecular formula is C23H23FN4O2. The topological polar surface area (TPSA) is 67.3 Å². The zero-order valence-corrected chi connectivity index (χ0v) is 16.5. The summed E-state index contributed by atoms with van der Waals surface area (Å²) < 4.78 is 18.9. The van der Waals surface area contributed by atoms with Crippen LogP contribution in [0.4, 0.5) is 15.9 Å². The van der Waals surface area contributed by atoms with Crippen LogP contribution in [0.5, 0.6) is 5.75 Å². The summed E-state index contributed by atoms with van der Waals surface area (Å²) in [6, 6.07) is 13.5. The Bertz CT molecular complexity index is 999. The Labute approximate surface area is 174 Å². The molecule has 0 unspecified atom stereocenters. The maximum absolute atomic E-state index is 13.3. The molecule has 0 bridgehead atoms. The van der Waals surface area contributed by atoms with Crippen LogP contribution in [0.3, 0.4) is 0 Å². The van der Waals surface area contributed by atoms with E-state index in [1.54, 1.807) is 30.7 Å². The Morgan fingerprint density at radius 1 is 1.20 bits per heavy atom. The minimum absolute atomic E-state index is 0.00760. The molecule has 4 rings (SSSR count). The number of ether oxygens (including phenoxy) is 1. The van der Waals surface area contributed by atoms with Gasteiger partial charge in [-0.25, -0.2) is 9.37 Å². The van der Waals surface area contributed by atoms with Gasteiger partial charge in [-0.05, 0) is 42.7 Å². The first-order valence-corrected chi connectivity index (χ1v) is 9.96. The van der Waals surface area contributed by atoms with Gasteiger partial charge >= 0.3 is 0 Å². The first-order chi connectivity index (χ1) is 14.7. The molecule has 7 heteroatoms. The van der Waals surface area contributed by atoms with Crippen molar-refractivity contribution in [3.05, 3.63) is 78.5 Å². The first kappa shape index (κ1) is 19.8. The largest absolute Gasteiger partial charge is 0.489 e. The molecule has 1 saturated heterocycles. The van der Waals surface area contributed by atoms with E-state index in [0.717, 1.165) is 36.5 Å². The first-order valence-electron chi connectivity index (χ1n) is 9.96. The molecule has 1 amide bonds. The Hall–Kier alpha value is -3.48. The number of piperidine rings is 1. The molecule has 0 saturated carbocycles. The summed E-state index contributed by atoms with van der Waals surface area (Å²) in [5.74, 6) is 0.804. The van der Waals surface area contributed by atoms with Crippen molar-refractivity contribution < 1.29 is 13.9 Å². The van der Waals surface area contributed by atoms with Crippen molar-refractivity contribution >= 4 is 17.4 Å². The number of benzene rings is 2. The molecular weight excluding hydrogens is 383 g/mol. The molecule has 1 aromatic heterocycles. The highest BCUT2D eigenvalue weighted by atomic mass is 19.1. The molecule has 0 radical (unpaired) electrons. The number of carbonyl (C=O) groups is 1. The lowest BCUT2D eigenvalue weighted by atomic mass is 9.97. The van der Waals surface area contributed by atoms with Crippen LogP contribution < -0.4 is 15.0 Å². The highest BCUT2D eigenvalue weighted by molar-refractivity contribution is 5.93. The van der Waals surface area contributed by atoms with Crippen molar-refractivity contribution in [1.82, 2.24) is 9.97 Å². The van der Waals surface area contributed by atoms with Crippen LogP contribution in [-0.4, -0.2) is 29.0 Å². The number of carbonyl (C=O) groups excluding carboxylic acids is 1. The maximum atomic E-state index is 13.3. The van der Waals surface area contributed by atoms with E-state index in [1.165, 1.54) is 12.1 Å². The van der Waals surface area contributed by atoms with Crippen LogP contribution in [0, 0.1) is 11.7 Å². The number of hydrogen-bond donors (Lipinski definition) is 1. The summed E-state index contributed by atoms with van der Waals surface area (Å²) in [7, 11) is 0. The summed E-state index contributed by atoms with van der Waals surface area (Å²) >= 11 is 0. The minimum Gasteiger partial charge on any atom is -0.489 e. The van der Waals surface area contributed by atoms with Crippen molar-refractivity contribution in [3.63, 3.8) is 0 Å². The molecule has 1 aliphatic heterocycles. The van der Waals surface area contributed by atoms with Gasteiger partial charge in [0.25, 0.3) is 0 Å². The fourth-order valence-electron chi connectivity index (χ4n) is 3.56. The molecule has 1 aliphatic rings. The Balaban J connectivity index is 1.35. The summed E-state index contributed by atoms with van der Waals surface area (Å²) in [6.07, 6.45) is 6.79. The number of hydrogen-bond acceptors (Lipinski definition) is 5. The number of aromatic nitrogens is 2. The third-order valence-corrected chi connectivity index (χ3v) is 5.06. The van der Waals surface area contributed by atoms with Gasteiger partial charge in [-0.3, -0.25) is 9.78 Å². The second kappa shape index (κ2) is 9.35. The lowest BCUT2D eigenvalue weighted by Crippen LogP contribution is -2.41. The Morgan fingerprint density at radius 2 is 2.10 bits per heavy atom. The molecule has 1 fully saturated rings. The van der Waals surface area contributed by atoms with E-state index in [2.05, 4.69) is 20.2 Å². The van der Waals surface area contributed by atoms with Crippen LogP contribution in [0.1, 0.15) is 18.4 Å². The number of nitrogens with zero attached hydrogens (tertiary/aromatic N) is 3. The van der Waals surface area contributed by atoms with Crippen LogP contribution in [0.15, 0.2) is 67.1 Å². The van der Waals surface area contributed by atoms with E-state index >= 15 is 0 Å². The third-order valence-electron chi connectivity index (χ3n) is 5.06. The lowest BCUT2D eigenvalue weighted by Gasteiger charge is -2.32. The van der Waals surface area contributed by atoms with Crippen molar-refractivity contribution in [1.29, 1.82) is 0 Å². The molecule has 154 valence electrons. The van der Waals surface area contributed by atoms with Crippen molar-refractivity contribution in [2.45, 2.75) is 19.4 Å². The van der Waals surface area contributed by atoms with Crippen LogP contribution in [-0.2, 0) is 11.4 Å². The number of rotatable bonds is 6. The molecule has 0 spiro atoms. The average Bonchev–Trinajstić information content (AvgIpc) is 2.79. The summed E-state index contributed by atoms with van der Waals surface area (Å²) in [5, 5.41) is 3.01. The van der Waals surface area contributed by atoms with E-state index in [0.29, 0.717) is 12.3 Å². The SMILES string of the molecule is O=C(Nc1cccc(COc2cccc(F)c2)c1)[C@@H]1CCCN(c2cnccn2)C1. The van der Waals surface area contributed by atoms with Crippen molar-refractivity contribution in [3.8, 4) is 5.75 Å². The zero-order valence-electron chi connectivity index (χ0n) is 16.5. The van der Waals surface area contributed by atoms with Gasteiger partial charge in [-0.15, -0.1) is 0 Å². The van der Waals surface area contributed by atoms with E-state index in [-0.39, 0.29) is 24.2 Å². The van der Waals surface area contributed by atoms with Crippen molar-refractivity contribution in [2.75, 3.05) is 23.3 Å². The standard InChI is InChI=1S/C23H23FN4O2/c24-19-6-2-8-21(13-19)30-16-17-4-1-7-20(12-17)27-23(29)18-5-3-11-28(15-18)22-14-25-9-10-26-22/h1-2,4,6-10,12-14,18H,3,5,11,15-16H2,(H,27,29)/t18-/m1/s1. The summed E-state index contributed by atoms with van der Waals surface area (Å²) in [6.45, 7) is 1.78. The quantitative estimate of drug-likeness (QED) is 0.669. The highest BCUT2D eigenvalue weighted by Crippen LogP contribution is 2.23. The molecule has 0 aliphatic carbocycles. The van der Waals surface area contributed by atoms with Crippen molar-refractivity contribution in [2.24, 2.45) is 5.92 Å². The Morgan fingerprint density at radius 3 is 2.93 bits per heavy atom. The zero-order chi connectivity index (χ0) is 20.8. The number of nitrogens with one attached hydrogen (secondary N) is 1. The maximum Gasteiger partial charge on any atom is 0.229 e. The van der Waals surface area contributed by atoms with Gasteiger partial charge in [0, 0.05) is 37.2 Å². The second-order valence-corrected chi connectivity index (χ2v) is 7.28. The highest BCUT2D eigenvalue weighted by Gasteiger charge is 2.26. The van der Waals surface area contributed by atoms with E-state index in [4.69, 9.17) is 4.74 Å². The van der Waals surface area contributed by atoms with Gasteiger partial charge in [0.2, 0.25) is 5.91 Å². The van der Waals surface area contributed by atoms with E-state index in [9.17, 15) is 9.18 Å². The molecule has 1 atom stereocenters. The van der Waals surface area contributed by atoms with E-state index < -0.39 is 0 Å². The summed E-state index contributed by atoms with van der Waals surface area (Å²) in [5.41, 5.74) is 1.61. The molecule has 30 heavy (non-hydrogen) atoms. The van der Waals surface area contributed by atoms with Gasteiger partial charge in [0.15, 0.2) is 0 Å². The van der Waals surface area contributed by atoms with Gasteiger partial charge in [-0.2, -0.15) is 0 Å². The van der Waals surface area contributed by atoms with Gasteiger partial charge < -0.3 is 15.0 Å². The van der Waals surface area contributed by atoms with Crippen LogP contribution >= 0.6 is 0 Å². The molecule has 1 N–H and O–H groups in total. The van der Waals surface area contributed by atoms with E-state index in [1.807, 2.05) is 24.3 Å². The molecule has 6 nitrogen and oxygen atoms in total. The average molecular weight is 406 g/mol. The monoisotopic (exact) mass is 406 g/mol. The van der Waals surface area contributed by atoms with Gasteiger partial charge in [0.05, 0.1) is 12.1 Å². The van der Waals surface area contributed by atoms with Gasteiger partial charge in [-0.1, -0.05) is 18.2 Å². The molecule has 2 heterocycles. The second-order valence-electron chi connectivity index (χ2n) is 7.28. The normalized spacial score (nSPS) is 16.2. The third kappa shape index (κ3) is 5.11. The molecule has 2 aromatic carbocycles. The lowest BCUT2D eigenvalue weighted by molar-refractivity contribution is -0.120. The van der Waals surface area contributed by atoms with Crippen LogP contribution in [0.2, 0.25) is 0 Å².